The van der Waals surface area contributed by atoms with Gasteiger partial charge in [0.25, 0.3) is 5.91 Å². The average Bonchev–Trinajstić information content (AvgIpc) is 2.76. The van der Waals surface area contributed by atoms with Crippen LogP contribution in [0.2, 0.25) is 0 Å². The van der Waals surface area contributed by atoms with Crippen LogP contribution in [0, 0.1) is 12.7 Å². The number of aryl methyl sites for hydroxylation is 1. The first-order valence-corrected chi connectivity index (χ1v) is 10.0. The van der Waals surface area contributed by atoms with E-state index in [1.807, 2.05) is 0 Å². The molecule has 1 heterocycles. The van der Waals surface area contributed by atoms with Crippen molar-refractivity contribution in [2.45, 2.75) is 33.0 Å². The Morgan fingerprint density at radius 2 is 1.91 bits per heavy atom. The highest BCUT2D eigenvalue weighted by Gasteiger charge is 2.31. The number of nitrogens with zero attached hydrogens (tertiary/aromatic N) is 5. The molecule has 0 fully saturated rings. The second kappa shape index (κ2) is 11.3. The van der Waals surface area contributed by atoms with Gasteiger partial charge in [-0.1, -0.05) is 0 Å². The second-order valence-corrected chi connectivity index (χ2v) is 7.08. The summed E-state index contributed by atoms with van der Waals surface area (Å²) in [4.78, 5) is 25.8. The fourth-order valence-electron chi connectivity index (χ4n) is 2.95. The van der Waals surface area contributed by atoms with Crippen LogP contribution < -0.4 is 10.7 Å². The zero-order valence-electron chi connectivity index (χ0n) is 18.6. The van der Waals surface area contributed by atoms with E-state index >= 15 is 0 Å². The second-order valence-electron chi connectivity index (χ2n) is 7.08. The molecule has 178 valence electrons. The highest BCUT2D eigenvalue weighted by atomic mass is 19.4. The fourth-order valence-corrected chi connectivity index (χ4v) is 2.95. The Labute approximate surface area is 188 Å². The third-order valence-electron chi connectivity index (χ3n) is 4.60. The number of hydrogen-bond donors (Lipinski definition) is 2. The van der Waals surface area contributed by atoms with Gasteiger partial charge in [0, 0.05) is 44.8 Å². The number of carbonyl (C=O) groups is 1. The van der Waals surface area contributed by atoms with Crippen LogP contribution >= 0.6 is 0 Å². The molecule has 0 radical (unpaired) electrons. The van der Waals surface area contributed by atoms with Crippen LogP contribution in [0.1, 0.15) is 35.3 Å². The molecule has 1 aromatic carbocycles. The minimum Gasteiger partial charge on any atom is -0.352 e. The van der Waals surface area contributed by atoms with Crippen LogP contribution in [0.5, 0.6) is 0 Å². The number of aliphatic imine (C=N–C) groups is 1. The lowest BCUT2D eigenvalue weighted by Gasteiger charge is -2.29. The summed E-state index contributed by atoms with van der Waals surface area (Å²) >= 11 is 0. The molecule has 0 saturated heterocycles. The van der Waals surface area contributed by atoms with E-state index in [0.717, 1.165) is 0 Å². The van der Waals surface area contributed by atoms with Gasteiger partial charge in [0.2, 0.25) is 5.95 Å². The maximum atomic E-state index is 14.6. The summed E-state index contributed by atoms with van der Waals surface area (Å²) in [6.45, 7) is 5.63. The molecule has 1 aromatic heterocycles. The minimum absolute atomic E-state index is 0.00534. The topological polar surface area (TPSA) is 94.9 Å². The Morgan fingerprint density at radius 1 is 1.24 bits per heavy atom. The summed E-state index contributed by atoms with van der Waals surface area (Å²) in [5.74, 6) is -1.08. The van der Waals surface area contributed by atoms with Crippen molar-refractivity contribution in [2.24, 2.45) is 10.1 Å². The van der Waals surface area contributed by atoms with Crippen molar-refractivity contribution in [2.75, 3.05) is 30.9 Å². The van der Waals surface area contributed by atoms with E-state index in [1.54, 1.807) is 33.9 Å². The Balaban J connectivity index is 2.18. The normalized spacial score (nSPS) is 12.8. The van der Waals surface area contributed by atoms with Crippen LogP contribution in [0.3, 0.4) is 0 Å². The van der Waals surface area contributed by atoms with Gasteiger partial charge in [-0.3, -0.25) is 15.2 Å². The molecule has 0 aliphatic carbocycles. The molecular weight excluding hydrogens is 442 g/mol. The van der Waals surface area contributed by atoms with Gasteiger partial charge in [-0.05, 0) is 38.5 Å². The van der Waals surface area contributed by atoms with Gasteiger partial charge in [-0.2, -0.15) is 18.3 Å². The van der Waals surface area contributed by atoms with Gasteiger partial charge in [0.1, 0.15) is 11.5 Å². The summed E-state index contributed by atoms with van der Waals surface area (Å²) in [7, 11) is 1.55. The zero-order chi connectivity index (χ0) is 24.6. The third kappa shape index (κ3) is 6.96. The summed E-state index contributed by atoms with van der Waals surface area (Å²) in [5.41, 5.74) is 2.17. The Kier molecular flexibility index (Phi) is 8.83. The van der Waals surface area contributed by atoms with Gasteiger partial charge in [-0.15, -0.1) is 0 Å². The van der Waals surface area contributed by atoms with Crippen LogP contribution in [-0.4, -0.2) is 59.4 Å². The highest BCUT2D eigenvalue weighted by Crippen LogP contribution is 2.28. The number of amides is 1. The first kappa shape index (κ1) is 25.7. The van der Waals surface area contributed by atoms with E-state index in [9.17, 15) is 22.4 Å². The first-order chi connectivity index (χ1) is 15.6. The van der Waals surface area contributed by atoms with E-state index in [0.29, 0.717) is 24.5 Å². The quantitative estimate of drug-likeness (QED) is 0.330. The van der Waals surface area contributed by atoms with Crippen molar-refractivity contribution < 1.29 is 22.4 Å². The molecule has 0 bridgehead atoms. The standard InChI is InChI=1S/C21H25F4N7O/c1-5-32(14(3)10-27-20-28-11-15(12-29-20)21(23,24)25)19(33)16-8-13(2)9-17(22)18(16)31-30-7-6-26-4/h6-9,11-12,14,31H,5,10H2,1-4H3,(H,27,28,29)/b26-6-,30-7-. The number of hydrazone groups is 1. The van der Waals surface area contributed by atoms with E-state index in [1.165, 1.54) is 23.4 Å². The average molecular weight is 467 g/mol. The predicted molar refractivity (Wildman–Crippen MR) is 119 cm³/mol. The largest absolute Gasteiger partial charge is 0.419 e. The van der Waals surface area contributed by atoms with Crippen molar-refractivity contribution in [1.82, 2.24) is 14.9 Å². The fraction of sp³-hybridized carbons (Fsp3) is 0.381. The molecule has 0 aliphatic heterocycles. The van der Waals surface area contributed by atoms with Crippen molar-refractivity contribution in [3.8, 4) is 0 Å². The minimum atomic E-state index is -4.53. The SMILES string of the molecule is CCN(C(=O)c1cc(C)cc(F)c1N/N=C\C=N/C)C(C)CNc1ncc(C(F)(F)F)cn1. The van der Waals surface area contributed by atoms with Crippen LogP contribution in [0.4, 0.5) is 29.2 Å². The van der Waals surface area contributed by atoms with E-state index < -0.39 is 29.5 Å². The van der Waals surface area contributed by atoms with Crippen molar-refractivity contribution in [3.63, 3.8) is 0 Å². The third-order valence-corrected chi connectivity index (χ3v) is 4.60. The number of likely N-dealkylation sites (N-methyl/N-ethyl adjacent to an activating group) is 1. The van der Waals surface area contributed by atoms with E-state index in [2.05, 4.69) is 30.8 Å². The van der Waals surface area contributed by atoms with Crippen molar-refractivity contribution >= 4 is 30.0 Å². The maximum absolute atomic E-state index is 14.6. The Morgan fingerprint density at radius 3 is 2.48 bits per heavy atom. The molecule has 0 aliphatic rings. The number of carbonyl (C=O) groups excluding carboxylic acids is 1. The lowest BCUT2D eigenvalue weighted by molar-refractivity contribution is -0.138. The Bertz CT molecular complexity index is 1010. The molecule has 0 spiro atoms. The molecule has 0 saturated carbocycles. The van der Waals surface area contributed by atoms with Crippen molar-refractivity contribution in [1.29, 1.82) is 0 Å². The van der Waals surface area contributed by atoms with Gasteiger partial charge < -0.3 is 10.2 Å². The maximum Gasteiger partial charge on any atom is 0.419 e. The number of hydrogen-bond acceptors (Lipinski definition) is 7. The summed E-state index contributed by atoms with van der Waals surface area (Å²) in [5, 5.41) is 6.67. The van der Waals surface area contributed by atoms with Gasteiger partial charge in [-0.25, -0.2) is 14.4 Å². The number of nitrogens with one attached hydrogen (secondary N) is 2. The predicted octanol–water partition coefficient (Wildman–Crippen LogP) is 4.00. The Hall–Kier alpha value is -3.57. The molecule has 2 aromatic rings. The van der Waals surface area contributed by atoms with E-state index in [4.69, 9.17) is 0 Å². The number of halogens is 4. The number of aromatic nitrogens is 2. The van der Waals surface area contributed by atoms with Crippen molar-refractivity contribution in [3.05, 3.63) is 47.0 Å². The van der Waals surface area contributed by atoms with Crippen LogP contribution in [0.25, 0.3) is 0 Å². The number of benzene rings is 1. The van der Waals surface area contributed by atoms with Crippen LogP contribution in [-0.2, 0) is 6.18 Å². The van der Waals surface area contributed by atoms with Gasteiger partial charge >= 0.3 is 6.18 Å². The molecule has 33 heavy (non-hydrogen) atoms. The summed E-state index contributed by atoms with van der Waals surface area (Å²) < 4.78 is 52.5. The lowest BCUT2D eigenvalue weighted by Crippen LogP contribution is -2.42. The number of alkyl halides is 3. The molecule has 8 nitrogen and oxygen atoms in total. The molecular formula is C21H25F4N7O. The summed E-state index contributed by atoms with van der Waals surface area (Å²) in [6.07, 6.45) is -0.447. The van der Waals surface area contributed by atoms with Crippen LogP contribution in [0.15, 0.2) is 34.6 Å². The first-order valence-electron chi connectivity index (χ1n) is 10.0. The molecule has 1 atom stereocenters. The van der Waals surface area contributed by atoms with Gasteiger partial charge in [0.15, 0.2) is 0 Å². The molecule has 2 rings (SSSR count). The van der Waals surface area contributed by atoms with Gasteiger partial charge in [0.05, 0.1) is 17.3 Å². The molecule has 12 heteroatoms. The number of rotatable bonds is 9. The smallest absolute Gasteiger partial charge is 0.352 e. The molecule has 1 amide bonds. The lowest BCUT2D eigenvalue weighted by atomic mass is 10.1. The van der Waals surface area contributed by atoms with E-state index in [-0.39, 0.29) is 23.7 Å². The molecule has 1 unspecified atom stereocenters. The highest BCUT2D eigenvalue weighted by molar-refractivity contribution is 6.16. The number of anilines is 2. The molecule has 2 N–H and O–H groups in total. The summed E-state index contributed by atoms with van der Waals surface area (Å²) in [6, 6.07) is 2.42. The zero-order valence-corrected chi connectivity index (χ0v) is 18.6. The monoisotopic (exact) mass is 467 g/mol.